The predicted molar refractivity (Wildman–Crippen MR) is 125 cm³/mol. The zero-order valence-corrected chi connectivity index (χ0v) is 19.9. The van der Waals surface area contributed by atoms with Crippen molar-refractivity contribution in [2.45, 2.75) is 40.7 Å². The highest BCUT2D eigenvalue weighted by atomic mass is 32.1. The van der Waals surface area contributed by atoms with E-state index in [0.29, 0.717) is 29.5 Å². The highest BCUT2D eigenvalue weighted by Gasteiger charge is 2.20. The summed E-state index contributed by atoms with van der Waals surface area (Å²) in [6.07, 6.45) is 0.791. The Morgan fingerprint density at radius 2 is 1.90 bits per heavy atom. The van der Waals surface area contributed by atoms with Crippen LogP contribution < -0.4 is 14.8 Å². The van der Waals surface area contributed by atoms with E-state index < -0.39 is 0 Å². The summed E-state index contributed by atoms with van der Waals surface area (Å²) in [5.41, 5.74) is 4.66. The van der Waals surface area contributed by atoms with E-state index in [2.05, 4.69) is 28.7 Å². The predicted octanol–water partition coefficient (Wildman–Crippen LogP) is 4.87. The molecule has 0 saturated heterocycles. The number of nitrogens with one attached hydrogen (secondary N) is 1. The van der Waals surface area contributed by atoms with E-state index in [4.69, 9.17) is 9.47 Å². The van der Waals surface area contributed by atoms with Crippen LogP contribution in [0.25, 0.3) is 11.4 Å². The number of hydrogen-bond donors (Lipinski definition) is 1. The van der Waals surface area contributed by atoms with Gasteiger partial charge in [-0.1, -0.05) is 19.9 Å². The van der Waals surface area contributed by atoms with Crippen LogP contribution in [-0.2, 0) is 13.0 Å². The summed E-state index contributed by atoms with van der Waals surface area (Å²) < 4.78 is 13.0. The number of carbonyl (C=O) groups excluding carboxylic acids is 1. The topological polar surface area (TPSA) is 65.4 Å². The monoisotopic (exact) mass is 441 g/mol. The molecule has 0 spiro atoms. The molecule has 166 valence electrons. The number of ether oxygens (including phenoxy) is 2. The number of aromatic nitrogens is 2. The molecular weight excluding hydrogens is 410 g/mol. The van der Waals surface area contributed by atoms with Crippen molar-refractivity contribution in [3.8, 4) is 22.9 Å². The molecule has 0 aliphatic heterocycles. The van der Waals surface area contributed by atoms with Crippen LogP contribution in [0.5, 0.6) is 11.5 Å². The van der Waals surface area contributed by atoms with Gasteiger partial charge in [-0.15, -0.1) is 11.3 Å². The zero-order chi connectivity index (χ0) is 22.5. The molecule has 6 nitrogen and oxygen atoms in total. The molecule has 0 aliphatic carbocycles. The molecule has 0 fully saturated rings. The molecule has 3 rings (SSSR count). The number of benzene rings is 1. The minimum Gasteiger partial charge on any atom is -0.493 e. The minimum atomic E-state index is -0.0377. The van der Waals surface area contributed by atoms with Crippen molar-refractivity contribution in [1.82, 2.24) is 14.9 Å². The fraction of sp³-hybridized carbons (Fsp3) is 0.417. The van der Waals surface area contributed by atoms with Crippen molar-refractivity contribution >= 4 is 17.2 Å². The molecule has 0 aliphatic rings. The van der Waals surface area contributed by atoms with Crippen molar-refractivity contribution in [3.05, 3.63) is 51.5 Å². The normalized spacial score (nSPS) is 11.1. The molecule has 31 heavy (non-hydrogen) atoms. The van der Waals surface area contributed by atoms with Gasteiger partial charge in [-0.05, 0) is 49.9 Å². The van der Waals surface area contributed by atoms with E-state index in [1.807, 2.05) is 43.5 Å². The second-order valence-corrected chi connectivity index (χ2v) is 9.04. The first-order chi connectivity index (χ1) is 14.8. The first-order valence-corrected chi connectivity index (χ1v) is 11.3. The highest BCUT2D eigenvalue weighted by Crippen LogP contribution is 2.30. The molecule has 1 amide bonds. The Kier molecular flexibility index (Phi) is 7.38. The first-order valence-electron chi connectivity index (χ1n) is 10.5. The molecule has 2 aromatic heterocycles. The molecule has 7 heteroatoms. The van der Waals surface area contributed by atoms with Gasteiger partial charge in [-0.3, -0.25) is 4.79 Å². The van der Waals surface area contributed by atoms with Crippen LogP contribution in [0.15, 0.2) is 29.6 Å². The molecular formula is C24H31N3O3S. The highest BCUT2D eigenvalue weighted by molar-refractivity contribution is 7.09. The molecule has 0 radical (unpaired) electrons. The van der Waals surface area contributed by atoms with Crippen LogP contribution >= 0.6 is 11.3 Å². The van der Waals surface area contributed by atoms with Crippen LogP contribution in [0.4, 0.5) is 0 Å². The van der Waals surface area contributed by atoms with Crippen molar-refractivity contribution in [3.63, 3.8) is 0 Å². The lowest BCUT2D eigenvalue weighted by Crippen LogP contribution is -2.27. The van der Waals surface area contributed by atoms with Crippen LogP contribution in [0.2, 0.25) is 0 Å². The molecule has 0 saturated carbocycles. The van der Waals surface area contributed by atoms with E-state index in [1.165, 1.54) is 0 Å². The Hall–Kier alpha value is -2.80. The summed E-state index contributed by atoms with van der Waals surface area (Å²) in [7, 11) is 3.27. The number of aryl methyl sites for hydroxylation is 2. The average Bonchev–Trinajstić information content (AvgIpc) is 3.33. The number of methoxy groups -OCH3 is 2. The molecule has 2 heterocycles. The molecule has 0 unspecified atom stereocenters. The van der Waals surface area contributed by atoms with E-state index in [9.17, 15) is 4.79 Å². The van der Waals surface area contributed by atoms with Crippen molar-refractivity contribution < 1.29 is 14.3 Å². The minimum absolute atomic E-state index is 0.0377. The van der Waals surface area contributed by atoms with Gasteiger partial charge in [0.15, 0.2) is 11.5 Å². The first kappa shape index (κ1) is 22.9. The standard InChI is InChI=1S/C24H31N3O3S/c1-15(2)13-25-24(28)19-12-21(20-14-31-17(4)26-20)27(16(19)3)10-9-18-7-8-22(29-5)23(11-18)30-6/h7-8,11-12,14-15H,9-10,13H2,1-6H3,(H,25,28). The second kappa shape index (κ2) is 10.0. The van der Waals surface area contributed by atoms with Crippen LogP contribution in [0.1, 0.15) is 40.5 Å². The summed E-state index contributed by atoms with van der Waals surface area (Å²) in [4.78, 5) is 17.5. The Bertz CT molecular complexity index is 1050. The Morgan fingerprint density at radius 3 is 2.52 bits per heavy atom. The smallest absolute Gasteiger partial charge is 0.253 e. The third kappa shape index (κ3) is 5.28. The summed E-state index contributed by atoms with van der Waals surface area (Å²) in [6.45, 7) is 9.55. The van der Waals surface area contributed by atoms with Gasteiger partial charge in [0, 0.05) is 24.2 Å². The van der Waals surface area contributed by atoms with Gasteiger partial charge in [0.25, 0.3) is 5.91 Å². The Labute approximate surface area is 188 Å². The summed E-state index contributed by atoms with van der Waals surface area (Å²) in [6, 6.07) is 7.93. The average molecular weight is 442 g/mol. The Morgan fingerprint density at radius 1 is 1.16 bits per heavy atom. The number of carbonyl (C=O) groups is 1. The lowest BCUT2D eigenvalue weighted by molar-refractivity contribution is 0.0948. The van der Waals surface area contributed by atoms with E-state index in [-0.39, 0.29) is 5.91 Å². The van der Waals surface area contributed by atoms with Crippen molar-refractivity contribution in [1.29, 1.82) is 0 Å². The van der Waals surface area contributed by atoms with E-state index in [0.717, 1.165) is 40.6 Å². The maximum absolute atomic E-state index is 12.8. The maximum Gasteiger partial charge on any atom is 0.253 e. The third-order valence-corrected chi connectivity index (χ3v) is 6.01. The lowest BCUT2D eigenvalue weighted by Gasteiger charge is -2.13. The molecule has 1 N–H and O–H groups in total. The van der Waals surface area contributed by atoms with Crippen molar-refractivity contribution in [2.24, 2.45) is 5.92 Å². The molecule has 0 bridgehead atoms. The van der Waals surface area contributed by atoms with Gasteiger partial charge < -0.3 is 19.4 Å². The largest absolute Gasteiger partial charge is 0.493 e. The molecule has 3 aromatic rings. The van der Waals surface area contributed by atoms with Crippen LogP contribution in [0, 0.1) is 19.8 Å². The van der Waals surface area contributed by atoms with Gasteiger partial charge >= 0.3 is 0 Å². The number of thiazole rings is 1. The maximum atomic E-state index is 12.8. The van der Waals surface area contributed by atoms with E-state index >= 15 is 0 Å². The molecule has 1 aromatic carbocycles. The Balaban J connectivity index is 1.91. The fourth-order valence-corrected chi connectivity index (χ4v) is 4.13. The van der Waals surface area contributed by atoms with E-state index in [1.54, 1.807) is 25.6 Å². The fourth-order valence-electron chi connectivity index (χ4n) is 3.53. The quantitative estimate of drug-likeness (QED) is 0.514. The summed E-state index contributed by atoms with van der Waals surface area (Å²) in [5.74, 6) is 1.79. The number of amides is 1. The van der Waals surface area contributed by atoms with Gasteiger partial charge in [0.2, 0.25) is 0 Å². The molecule has 0 atom stereocenters. The van der Waals surface area contributed by atoms with Crippen molar-refractivity contribution in [2.75, 3.05) is 20.8 Å². The van der Waals surface area contributed by atoms with Gasteiger partial charge in [-0.25, -0.2) is 4.98 Å². The lowest BCUT2D eigenvalue weighted by atomic mass is 10.1. The van der Waals surface area contributed by atoms with Gasteiger partial charge in [0.1, 0.15) is 0 Å². The van der Waals surface area contributed by atoms with Gasteiger partial charge in [-0.2, -0.15) is 0 Å². The third-order valence-electron chi connectivity index (χ3n) is 5.24. The zero-order valence-electron chi connectivity index (χ0n) is 19.1. The summed E-state index contributed by atoms with van der Waals surface area (Å²) >= 11 is 1.61. The number of hydrogen-bond acceptors (Lipinski definition) is 5. The number of nitrogens with zero attached hydrogens (tertiary/aromatic N) is 2. The van der Waals surface area contributed by atoms with Gasteiger partial charge in [0.05, 0.1) is 36.2 Å². The summed E-state index contributed by atoms with van der Waals surface area (Å²) in [5, 5.41) is 6.09. The van der Waals surface area contributed by atoms with Crippen LogP contribution in [0.3, 0.4) is 0 Å². The number of rotatable bonds is 9. The van der Waals surface area contributed by atoms with Crippen LogP contribution in [-0.4, -0.2) is 36.2 Å². The second-order valence-electron chi connectivity index (χ2n) is 7.98. The SMILES string of the molecule is COc1ccc(CCn2c(-c3csc(C)n3)cc(C(=O)NCC(C)C)c2C)cc1OC.